The van der Waals surface area contributed by atoms with E-state index in [2.05, 4.69) is 5.43 Å². The van der Waals surface area contributed by atoms with Crippen LogP contribution in [0.1, 0.15) is 11.1 Å². The highest BCUT2D eigenvalue weighted by Crippen LogP contribution is 2.23. The quantitative estimate of drug-likeness (QED) is 0.533. The van der Waals surface area contributed by atoms with Gasteiger partial charge in [0.1, 0.15) is 23.7 Å². The fourth-order valence-corrected chi connectivity index (χ4v) is 2.95. The van der Waals surface area contributed by atoms with E-state index in [0.717, 1.165) is 0 Å². The molecule has 1 N–H and O–H groups in total. The van der Waals surface area contributed by atoms with Crippen LogP contribution in [-0.2, 0) is 16.2 Å². The zero-order valence-electron chi connectivity index (χ0n) is 15.3. The standard InChI is InChI=1S/C23H17FN2O3/c24-21-12-5-4-8-17(21)15-29-19-11-6-7-16(13-19)14-20-22(27)25-26(23(20)28)18-9-2-1-3-10-18/h1-14H,15H2,(H,25,27)/b20-14-. The average Bonchev–Trinajstić information content (AvgIpc) is 3.02. The fourth-order valence-electron chi connectivity index (χ4n) is 2.95. The van der Waals surface area contributed by atoms with Crippen molar-refractivity contribution < 1.29 is 18.7 Å². The summed E-state index contributed by atoms with van der Waals surface area (Å²) in [6, 6.07) is 22.2. The predicted molar refractivity (Wildman–Crippen MR) is 107 cm³/mol. The van der Waals surface area contributed by atoms with E-state index in [9.17, 15) is 14.0 Å². The number of hydrazine groups is 1. The fraction of sp³-hybridized carbons (Fsp3) is 0.0435. The van der Waals surface area contributed by atoms with E-state index in [1.54, 1.807) is 66.7 Å². The number of halogens is 1. The lowest BCUT2D eigenvalue weighted by Crippen LogP contribution is -2.35. The highest BCUT2D eigenvalue weighted by atomic mass is 19.1. The molecule has 4 rings (SSSR count). The molecule has 0 aromatic heterocycles. The zero-order chi connectivity index (χ0) is 20.2. The molecule has 0 aliphatic carbocycles. The molecule has 2 amide bonds. The third-order valence-corrected chi connectivity index (χ3v) is 4.43. The SMILES string of the molecule is O=C1NN(c2ccccc2)C(=O)/C1=C\c1cccc(OCc2ccccc2F)c1. The minimum atomic E-state index is -0.475. The van der Waals surface area contributed by atoms with Gasteiger partial charge < -0.3 is 4.74 Å². The van der Waals surface area contributed by atoms with E-state index in [1.165, 1.54) is 17.2 Å². The number of carbonyl (C=O) groups excluding carboxylic acids is 2. The van der Waals surface area contributed by atoms with Gasteiger partial charge in [0.25, 0.3) is 11.8 Å². The van der Waals surface area contributed by atoms with E-state index < -0.39 is 11.8 Å². The molecule has 144 valence electrons. The number of carbonyl (C=O) groups is 2. The van der Waals surface area contributed by atoms with Crippen molar-refractivity contribution in [3.05, 3.63) is 101 Å². The van der Waals surface area contributed by atoms with Gasteiger partial charge in [-0.15, -0.1) is 0 Å². The molecular formula is C23H17FN2O3. The van der Waals surface area contributed by atoms with E-state index in [-0.39, 0.29) is 18.0 Å². The van der Waals surface area contributed by atoms with Gasteiger partial charge in [-0.1, -0.05) is 48.5 Å². The molecule has 6 heteroatoms. The molecule has 1 fully saturated rings. The van der Waals surface area contributed by atoms with Crippen molar-refractivity contribution in [3.8, 4) is 5.75 Å². The first-order valence-corrected chi connectivity index (χ1v) is 9.00. The van der Waals surface area contributed by atoms with Crippen molar-refractivity contribution in [2.45, 2.75) is 6.61 Å². The second-order valence-electron chi connectivity index (χ2n) is 6.43. The molecule has 3 aromatic carbocycles. The smallest absolute Gasteiger partial charge is 0.282 e. The minimum Gasteiger partial charge on any atom is -0.489 e. The van der Waals surface area contributed by atoms with Crippen LogP contribution in [0.3, 0.4) is 0 Å². The lowest BCUT2D eigenvalue weighted by atomic mass is 10.1. The Kier molecular flexibility index (Phi) is 5.07. The van der Waals surface area contributed by atoms with Gasteiger partial charge in [-0.25, -0.2) is 9.40 Å². The number of rotatable bonds is 5. The lowest BCUT2D eigenvalue weighted by molar-refractivity contribution is -0.117. The van der Waals surface area contributed by atoms with Gasteiger partial charge in [0.2, 0.25) is 0 Å². The van der Waals surface area contributed by atoms with Crippen molar-refractivity contribution in [1.82, 2.24) is 5.43 Å². The molecule has 1 aliphatic heterocycles. The number of para-hydroxylation sites is 1. The summed E-state index contributed by atoms with van der Waals surface area (Å²) in [5.41, 5.74) is 4.24. The Morgan fingerprint density at radius 3 is 2.48 bits per heavy atom. The molecular weight excluding hydrogens is 371 g/mol. The molecule has 3 aromatic rings. The maximum atomic E-state index is 13.7. The van der Waals surface area contributed by atoms with Crippen LogP contribution in [0.15, 0.2) is 84.4 Å². The van der Waals surface area contributed by atoms with Crippen molar-refractivity contribution in [1.29, 1.82) is 0 Å². The highest BCUT2D eigenvalue weighted by Gasteiger charge is 2.34. The summed E-state index contributed by atoms with van der Waals surface area (Å²) in [5, 5.41) is 1.21. The Morgan fingerprint density at radius 1 is 0.931 bits per heavy atom. The van der Waals surface area contributed by atoms with Gasteiger partial charge in [0, 0.05) is 5.56 Å². The first-order chi connectivity index (χ1) is 14.1. The van der Waals surface area contributed by atoms with Crippen LogP contribution in [0, 0.1) is 5.82 Å². The Bertz CT molecular complexity index is 1100. The summed E-state index contributed by atoms with van der Waals surface area (Å²) < 4.78 is 19.4. The number of anilines is 1. The van der Waals surface area contributed by atoms with Gasteiger partial charge in [-0.3, -0.25) is 15.0 Å². The molecule has 0 atom stereocenters. The van der Waals surface area contributed by atoms with Crippen LogP contribution in [0.4, 0.5) is 10.1 Å². The van der Waals surface area contributed by atoms with Gasteiger partial charge in [-0.05, 0) is 42.0 Å². The van der Waals surface area contributed by atoms with Crippen molar-refractivity contribution in [2.24, 2.45) is 0 Å². The Morgan fingerprint density at radius 2 is 1.69 bits per heavy atom. The first kappa shape index (κ1) is 18.4. The Balaban J connectivity index is 1.52. The number of amides is 2. The molecule has 29 heavy (non-hydrogen) atoms. The lowest BCUT2D eigenvalue weighted by Gasteiger charge is -2.13. The number of benzene rings is 3. The van der Waals surface area contributed by atoms with Crippen LogP contribution in [-0.4, -0.2) is 11.8 Å². The van der Waals surface area contributed by atoms with Crippen molar-refractivity contribution in [3.63, 3.8) is 0 Å². The third kappa shape index (κ3) is 4.01. The summed E-state index contributed by atoms with van der Waals surface area (Å²) in [6.45, 7) is 0.0773. The summed E-state index contributed by atoms with van der Waals surface area (Å²) in [4.78, 5) is 24.9. The Hall–Kier alpha value is -3.93. The van der Waals surface area contributed by atoms with Crippen molar-refractivity contribution >= 4 is 23.6 Å². The Labute approximate surface area is 167 Å². The van der Waals surface area contributed by atoms with Gasteiger partial charge in [0.05, 0.1) is 5.69 Å². The zero-order valence-corrected chi connectivity index (χ0v) is 15.3. The molecule has 0 unspecified atom stereocenters. The first-order valence-electron chi connectivity index (χ1n) is 9.00. The van der Waals surface area contributed by atoms with Gasteiger partial charge in [-0.2, -0.15) is 0 Å². The van der Waals surface area contributed by atoms with Crippen LogP contribution < -0.4 is 15.2 Å². The van der Waals surface area contributed by atoms with Gasteiger partial charge >= 0.3 is 0 Å². The summed E-state index contributed by atoms with van der Waals surface area (Å²) in [5.74, 6) is -0.733. The molecule has 0 spiro atoms. The van der Waals surface area contributed by atoms with Crippen LogP contribution in [0.2, 0.25) is 0 Å². The maximum Gasteiger partial charge on any atom is 0.282 e. The summed E-state index contributed by atoms with van der Waals surface area (Å²) >= 11 is 0. The topological polar surface area (TPSA) is 58.6 Å². The van der Waals surface area contributed by atoms with E-state index in [4.69, 9.17) is 4.74 Å². The second kappa shape index (κ2) is 7.98. The highest BCUT2D eigenvalue weighted by molar-refractivity contribution is 6.31. The predicted octanol–water partition coefficient (Wildman–Crippen LogP) is 3.87. The van der Waals surface area contributed by atoms with E-state index in [0.29, 0.717) is 22.6 Å². The number of nitrogens with one attached hydrogen (secondary N) is 1. The minimum absolute atomic E-state index is 0.0279. The number of ether oxygens (including phenoxy) is 1. The number of hydrogen-bond donors (Lipinski definition) is 1. The van der Waals surface area contributed by atoms with Crippen LogP contribution >= 0.6 is 0 Å². The molecule has 1 heterocycles. The summed E-state index contributed by atoms with van der Waals surface area (Å²) in [7, 11) is 0. The molecule has 5 nitrogen and oxygen atoms in total. The molecule has 0 radical (unpaired) electrons. The maximum absolute atomic E-state index is 13.7. The number of hydrogen-bond acceptors (Lipinski definition) is 3. The van der Waals surface area contributed by atoms with Crippen LogP contribution in [0.25, 0.3) is 6.08 Å². The monoisotopic (exact) mass is 388 g/mol. The summed E-state index contributed by atoms with van der Waals surface area (Å²) in [6.07, 6.45) is 1.51. The molecule has 1 aliphatic rings. The normalized spacial score (nSPS) is 14.9. The van der Waals surface area contributed by atoms with E-state index >= 15 is 0 Å². The molecule has 1 saturated heterocycles. The van der Waals surface area contributed by atoms with E-state index in [1.807, 2.05) is 6.07 Å². The molecule has 0 bridgehead atoms. The number of nitrogens with zero attached hydrogens (tertiary/aromatic N) is 1. The largest absolute Gasteiger partial charge is 0.489 e. The third-order valence-electron chi connectivity index (χ3n) is 4.43. The van der Waals surface area contributed by atoms with Gasteiger partial charge in [0.15, 0.2) is 0 Å². The second-order valence-corrected chi connectivity index (χ2v) is 6.43. The molecule has 0 saturated carbocycles. The van der Waals surface area contributed by atoms with Crippen LogP contribution in [0.5, 0.6) is 5.75 Å². The average molecular weight is 388 g/mol. The van der Waals surface area contributed by atoms with Crippen molar-refractivity contribution in [2.75, 3.05) is 5.01 Å².